The van der Waals surface area contributed by atoms with Gasteiger partial charge in [-0.05, 0) is 53.6 Å². The van der Waals surface area contributed by atoms with E-state index in [1.54, 1.807) is 12.1 Å². The summed E-state index contributed by atoms with van der Waals surface area (Å²) in [6.07, 6.45) is 3.39. The first-order chi connectivity index (χ1) is 12.8. The molecule has 1 unspecified atom stereocenters. The van der Waals surface area contributed by atoms with Gasteiger partial charge in [0.15, 0.2) is 0 Å². The molecule has 7 heteroatoms. The molecule has 140 valence electrons. The number of hydrogen-bond acceptors (Lipinski definition) is 5. The minimum absolute atomic E-state index is 0.110. The SMILES string of the molecule is CC1(C)CCc2ccc(NC(=O)c3ccc(Cl)cn3)cc2C12COC(N)=N2. The van der Waals surface area contributed by atoms with Crippen molar-refractivity contribution in [2.45, 2.75) is 32.2 Å². The second kappa shape index (κ2) is 6.23. The Morgan fingerprint density at radius 3 is 2.78 bits per heavy atom. The number of carbonyl (C=O) groups is 1. The summed E-state index contributed by atoms with van der Waals surface area (Å²) < 4.78 is 5.56. The molecule has 2 heterocycles. The second-order valence-electron chi connectivity index (χ2n) is 7.67. The van der Waals surface area contributed by atoms with Crippen molar-refractivity contribution in [3.8, 4) is 0 Å². The van der Waals surface area contributed by atoms with E-state index in [9.17, 15) is 4.79 Å². The fourth-order valence-corrected chi connectivity index (χ4v) is 4.01. The highest BCUT2D eigenvalue weighted by Gasteiger charge is 2.53. The number of amidine groups is 1. The highest BCUT2D eigenvalue weighted by atomic mass is 35.5. The number of benzene rings is 1. The van der Waals surface area contributed by atoms with Gasteiger partial charge in [0.2, 0.25) is 0 Å². The maximum absolute atomic E-state index is 12.5. The Morgan fingerprint density at radius 2 is 2.11 bits per heavy atom. The standard InChI is InChI=1S/C20H21ClN4O2/c1-19(2)8-7-12-3-5-14(9-15(12)20(19)11-27-18(22)25-20)24-17(26)16-6-4-13(21)10-23-16/h3-6,9-10H,7-8,11H2,1-2H3,(H2,22,25)(H,24,26). The number of aromatic nitrogens is 1. The largest absolute Gasteiger partial charge is 0.462 e. The lowest BCUT2D eigenvalue weighted by molar-refractivity contribution is 0.0990. The van der Waals surface area contributed by atoms with E-state index in [0.29, 0.717) is 23.0 Å². The summed E-state index contributed by atoms with van der Waals surface area (Å²) in [6, 6.07) is 9.38. The molecule has 0 saturated carbocycles. The lowest BCUT2D eigenvalue weighted by atomic mass is 9.61. The smallest absolute Gasteiger partial charge is 0.283 e. The van der Waals surface area contributed by atoms with E-state index in [2.05, 4.69) is 24.1 Å². The normalized spacial score (nSPS) is 22.7. The van der Waals surface area contributed by atoms with Crippen LogP contribution in [0.25, 0.3) is 0 Å². The summed E-state index contributed by atoms with van der Waals surface area (Å²) in [5.41, 5.74) is 8.47. The average molecular weight is 385 g/mol. The minimum atomic E-state index is -0.538. The van der Waals surface area contributed by atoms with Gasteiger partial charge >= 0.3 is 0 Å². The quantitative estimate of drug-likeness (QED) is 0.829. The molecule has 3 N–H and O–H groups in total. The molecule has 1 aromatic carbocycles. The molecule has 1 spiro atoms. The number of anilines is 1. The highest BCUT2D eigenvalue weighted by molar-refractivity contribution is 6.30. The Kier molecular flexibility index (Phi) is 4.11. The van der Waals surface area contributed by atoms with Crippen molar-refractivity contribution in [2.24, 2.45) is 16.1 Å². The van der Waals surface area contributed by atoms with Crippen molar-refractivity contribution < 1.29 is 9.53 Å². The van der Waals surface area contributed by atoms with E-state index in [-0.39, 0.29) is 17.3 Å². The van der Waals surface area contributed by atoms with Crippen molar-refractivity contribution in [1.82, 2.24) is 4.98 Å². The Bertz CT molecular complexity index is 939. The van der Waals surface area contributed by atoms with Gasteiger partial charge in [0.25, 0.3) is 11.9 Å². The van der Waals surface area contributed by atoms with Gasteiger partial charge in [-0.2, -0.15) is 0 Å². The van der Waals surface area contributed by atoms with Crippen LogP contribution in [0.2, 0.25) is 5.02 Å². The molecule has 2 aromatic rings. The number of nitrogens with zero attached hydrogens (tertiary/aromatic N) is 2. The van der Waals surface area contributed by atoms with E-state index in [4.69, 9.17) is 27.1 Å². The first-order valence-electron chi connectivity index (χ1n) is 8.85. The molecule has 6 nitrogen and oxygen atoms in total. The van der Waals surface area contributed by atoms with Gasteiger partial charge in [-0.1, -0.05) is 31.5 Å². The van der Waals surface area contributed by atoms with Crippen LogP contribution in [0.1, 0.15) is 41.9 Å². The summed E-state index contributed by atoms with van der Waals surface area (Å²) in [5, 5.41) is 3.39. The summed E-state index contributed by atoms with van der Waals surface area (Å²) in [5.74, 6) is -0.290. The molecule has 0 saturated heterocycles. The third kappa shape index (κ3) is 2.94. The van der Waals surface area contributed by atoms with Gasteiger partial charge in [-0.15, -0.1) is 0 Å². The summed E-state index contributed by atoms with van der Waals surface area (Å²) in [4.78, 5) is 21.3. The molecule has 1 aliphatic carbocycles. The van der Waals surface area contributed by atoms with Gasteiger partial charge in [0.1, 0.15) is 17.8 Å². The van der Waals surface area contributed by atoms with Crippen LogP contribution in [0.15, 0.2) is 41.5 Å². The molecular formula is C20H21ClN4O2. The predicted octanol–water partition coefficient (Wildman–Crippen LogP) is 3.50. The van der Waals surface area contributed by atoms with Gasteiger partial charge in [0.05, 0.1) is 5.02 Å². The number of aliphatic imine (C=N–C) groups is 1. The van der Waals surface area contributed by atoms with Crippen LogP contribution in [-0.4, -0.2) is 23.5 Å². The third-order valence-corrected chi connectivity index (χ3v) is 5.87. The Hall–Kier alpha value is -2.60. The number of nitrogens with two attached hydrogens (primary N) is 1. The number of pyridine rings is 1. The van der Waals surface area contributed by atoms with Crippen LogP contribution < -0.4 is 11.1 Å². The predicted molar refractivity (Wildman–Crippen MR) is 105 cm³/mol. The number of amides is 1. The second-order valence-corrected chi connectivity index (χ2v) is 8.11. The van der Waals surface area contributed by atoms with E-state index >= 15 is 0 Å². The van der Waals surface area contributed by atoms with Crippen molar-refractivity contribution in [1.29, 1.82) is 0 Å². The van der Waals surface area contributed by atoms with Crippen LogP contribution in [0.4, 0.5) is 5.69 Å². The van der Waals surface area contributed by atoms with E-state index < -0.39 is 5.54 Å². The molecule has 4 rings (SSSR count). The number of carbonyl (C=O) groups excluding carboxylic acids is 1. The van der Waals surface area contributed by atoms with Gasteiger partial charge in [-0.25, -0.2) is 9.98 Å². The lowest BCUT2D eigenvalue weighted by Gasteiger charge is -2.45. The molecule has 1 aromatic heterocycles. The lowest BCUT2D eigenvalue weighted by Crippen LogP contribution is -2.45. The van der Waals surface area contributed by atoms with Crippen LogP contribution in [0, 0.1) is 5.41 Å². The molecule has 1 amide bonds. The molecular weight excluding hydrogens is 364 g/mol. The Labute approximate surface area is 162 Å². The summed E-state index contributed by atoms with van der Waals surface area (Å²) >= 11 is 5.84. The zero-order valence-electron chi connectivity index (χ0n) is 15.3. The van der Waals surface area contributed by atoms with Crippen molar-refractivity contribution >= 4 is 29.2 Å². The highest BCUT2D eigenvalue weighted by Crippen LogP contribution is 2.53. The first-order valence-corrected chi connectivity index (χ1v) is 9.23. The van der Waals surface area contributed by atoms with E-state index in [1.807, 2.05) is 18.2 Å². The molecule has 2 aliphatic rings. The topological polar surface area (TPSA) is 89.6 Å². The number of fused-ring (bicyclic) bond motifs is 2. The minimum Gasteiger partial charge on any atom is -0.462 e. The van der Waals surface area contributed by atoms with Crippen LogP contribution >= 0.6 is 11.6 Å². The number of aryl methyl sites for hydroxylation is 1. The third-order valence-electron chi connectivity index (χ3n) is 5.64. The molecule has 1 atom stereocenters. The molecule has 1 aliphatic heterocycles. The average Bonchev–Trinajstić information content (AvgIpc) is 3.03. The fraction of sp³-hybridized carbons (Fsp3) is 0.350. The fourth-order valence-electron chi connectivity index (χ4n) is 3.90. The van der Waals surface area contributed by atoms with E-state index in [0.717, 1.165) is 18.4 Å². The number of nitrogens with one attached hydrogen (secondary N) is 1. The Balaban J connectivity index is 1.70. The summed E-state index contributed by atoms with van der Waals surface area (Å²) in [6.45, 7) is 4.78. The number of ether oxygens (including phenoxy) is 1. The zero-order valence-corrected chi connectivity index (χ0v) is 16.0. The monoisotopic (exact) mass is 384 g/mol. The Morgan fingerprint density at radius 1 is 1.30 bits per heavy atom. The van der Waals surface area contributed by atoms with Crippen LogP contribution in [0.3, 0.4) is 0 Å². The number of hydrogen-bond donors (Lipinski definition) is 2. The van der Waals surface area contributed by atoms with Crippen LogP contribution in [0.5, 0.6) is 0 Å². The van der Waals surface area contributed by atoms with Gasteiger partial charge in [0, 0.05) is 11.9 Å². The van der Waals surface area contributed by atoms with E-state index in [1.165, 1.54) is 11.8 Å². The molecule has 0 radical (unpaired) electrons. The maximum Gasteiger partial charge on any atom is 0.283 e. The van der Waals surface area contributed by atoms with Crippen molar-refractivity contribution in [3.05, 3.63) is 58.4 Å². The van der Waals surface area contributed by atoms with Crippen molar-refractivity contribution in [3.63, 3.8) is 0 Å². The van der Waals surface area contributed by atoms with Gasteiger partial charge in [-0.3, -0.25) is 4.79 Å². The van der Waals surface area contributed by atoms with Crippen LogP contribution in [-0.2, 0) is 16.7 Å². The number of halogens is 1. The zero-order chi connectivity index (χ0) is 19.2. The molecule has 27 heavy (non-hydrogen) atoms. The summed E-state index contributed by atoms with van der Waals surface area (Å²) in [7, 11) is 0. The maximum atomic E-state index is 12.5. The van der Waals surface area contributed by atoms with Crippen molar-refractivity contribution in [2.75, 3.05) is 11.9 Å². The molecule has 0 bridgehead atoms. The first kappa shape index (κ1) is 17.8. The number of rotatable bonds is 2. The molecule has 0 fully saturated rings. The van der Waals surface area contributed by atoms with Gasteiger partial charge < -0.3 is 15.8 Å².